The van der Waals surface area contributed by atoms with Crippen molar-refractivity contribution in [3.8, 4) is 0 Å². The van der Waals surface area contributed by atoms with E-state index < -0.39 is 147 Å². The summed E-state index contributed by atoms with van der Waals surface area (Å²) in [7, 11) is 0. The molecule has 0 aliphatic carbocycles. The van der Waals surface area contributed by atoms with Crippen LogP contribution in [0.15, 0.2) is 0 Å². The fourth-order valence-corrected chi connectivity index (χ4v) is 5.77. The summed E-state index contributed by atoms with van der Waals surface area (Å²) in [5.74, 6) is -5.63. The molecule has 55 heavy (non-hydrogen) atoms. The van der Waals surface area contributed by atoms with Crippen LogP contribution in [-0.4, -0.2) is 193 Å². The van der Waals surface area contributed by atoms with Crippen molar-refractivity contribution in [3.63, 3.8) is 0 Å². The Hall–Kier alpha value is -0.720. The Morgan fingerprint density at radius 1 is 0.709 bits per heavy atom. The minimum absolute atomic E-state index is 0. The van der Waals surface area contributed by atoms with Crippen molar-refractivity contribution >= 4 is 23.8 Å². The zero-order valence-electron chi connectivity index (χ0n) is 31.6. The van der Waals surface area contributed by atoms with E-state index in [1.807, 2.05) is 13.8 Å². The molecule has 0 aromatic carbocycles. The van der Waals surface area contributed by atoms with E-state index in [9.17, 15) is 75.3 Å². The first-order valence-corrected chi connectivity index (χ1v) is 16.7. The Morgan fingerprint density at radius 3 is 1.69 bits per heavy atom. The first-order chi connectivity index (χ1) is 24.7. The number of hydrogen-bond donors (Lipinski definition) is 11. The van der Waals surface area contributed by atoms with Gasteiger partial charge in [-0.2, -0.15) is 0 Å². The smallest absolute Gasteiger partial charge is 0.547 e. The Kier molecular flexibility index (Phi) is 24.1. The van der Waals surface area contributed by atoms with Crippen LogP contribution < -0.4 is 80.0 Å². The maximum Gasteiger partial charge on any atom is 1.00 e. The van der Waals surface area contributed by atoms with Gasteiger partial charge in [-0.05, 0) is 13.8 Å². The summed E-state index contributed by atoms with van der Waals surface area (Å²) in [5, 5.41) is 122. The van der Waals surface area contributed by atoms with Crippen LogP contribution in [0.5, 0.6) is 0 Å². The van der Waals surface area contributed by atoms with Gasteiger partial charge in [-0.1, -0.05) is 13.8 Å². The molecule has 3 aliphatic rings. The zero-order valence-corrected chi connectivity index (χ0v) is 35.6. The molecular formula is C30H50N2Na2O21. The summed E-state index contributed by atoms with van der Waals surface area (Å²) in [6, 6.07) is -3.17. The van der Waals surface area contributed by atoms with Crippen LogP contribution in [0.1, 0.15) is 41.5 Å². The minimum atomic E-state index is -2.35. The first-order valence-electron chi connectivity index (χ1n) is 16.7. The van der Waals surface area contributed by atoms with Gasteiger partial charge in [0.2, 0.25) is 11.8 Å². The van der Waals surface area contributed by atoms with Gasteiger partial charge in [-0.3, -0.25) is 9.59 Å². The third-order valence-electron chi connectivity index (χ3n) is 8.45. The van der Waals surface area contributed by atoms with Crippen LogP contribution in [0.4, 0.5) is 0 Å². The molecule has 23 nitrogen and oxygen atoms in total. The van der Waals surface area contributed by atoms with Crippen molar-refractivity contribution in [2.24, 2.45) is 0 Å². The second-order valence-electron chi connectivity index (χ2n) is 12.4. The maximum absolute atomic E-state index is 12.3. The van der Waals surface area contributed by atoms with E-state index in [4.69, 9.17) is 28.4 Å². The number of nitrogens with one attached hydrogen (secondary N) is 2. The number of hydrogen-bond acceptors (Lipinski definition) is 21. The molecule has 0 radical (unpaired) electrons. The summed E-state index contributed by atoms with van der Waals surface area (Å²) >= 11 is 0. The number of carbonyl (C=O) groups is 4. The van der Waals surface area contributed by atoms with Gasteiger partial charge in [-0.15, -0.1) is 0 Å². The quantitative estimate of drug-likeness (QED) is 0.0725. The van der Waals surface area contributed by atoms with Gasteiger partial charge in [-0.25, -0.2) is 0 Å². The average molecular weight is 821 g/mol. The molecule has 19 atom stereocenters. The average Bonchev–Trinajstić information content (AvgIpc) is 3.09. The molecule has 3 saturated heterocycles. The standard InChI is InChI=1S/C28H46N2O21.C2H6.2Na/c1-6(32)12(35)19(10(5-31)29-8(3)33)47-28-18(41)16(39)21(23(51-28)25(44)45)49-26-11(30-9(4)34)20(13(36)7(2)46-26)48-27-17(40)14(37)15(38)22(50-27)24(42)43;1-2;;/h6-7,10-23,26-28,31-32,35-41H,5H2,1-4H3,(H,29,33)(H,30,34)(H,42,43)(H,44,45);1-2H3;;/q;;2*+1/p-2. The second-order valence-corrected chi connectivity index (χ2v) is 12.4. The number of amides is 2. The van der Waals surface area contributed by atoms with Crippen LogP contribution in [-0.2, 0) is 47.6 Å². The summed E-state index contributed by atoms with van der Waals surface area (Å²) in [5.41, 5.74) is 0. The maximum atomic E-state index is 12.3. The number of carboxylic acid groups (broad SMARTS) is 2. The zero-order chi connectivity index (χ0) is 40.6. The van der Waals surface area contributed by atoms with E-state index in [-0.39, 0.29) is 59.1 Å². The van der Waals surface area contributed by atoms with Gasteiger partial charge in [0.25, 0.3) is 0 Å². The fourth-order valence-electron chi connectivity index (χ4n) is 5.77. The second kappa shape index (κ2) is 24.4. The fraction of sp³-hybridized carbons (Fsp3) is 0.867. The Labute approximate surface area is 359 Å². The number of aliphatic hydroxyl groups excluding tert-OH is 9. The molecule has 19 unspecified atom stereocenters. The van der Waals surface area contributed by atoms with Gasteiger partial charge in [0.15, 0.2) is 18.9 Å². The number of ether oxygens (including phenoxy) is 6. The SMILES string of the molecule is CC.CC(=O)NC(CO)C(OC1OC(C(=O)[O-])C(OC2OC(C)C(O)C(OC3OC(C(=O)[O-])C(O)C(O)C3O)C2NC(C)=O)C(O)C1O)C(O)C(C)O.[Na+].[Na+]. The molecule has 0 aromatic heterocycles. The molecule has 0 spiro atoms. The number of carboxylic acids is 2. The molecule has 3 heterocycles. The Bertz CT molecular complexity index is 1230. The molecule has 3 rings (SSSR count). The van der Waals surface area contributed by atoms with E-state index in [0.717, 1.165) is 20.8 Å². The van der Waals surface area contributed by atoms with Crippen LogP contribution in [0.2, 0.25) is 0 Å². The predicted molar refractivity (Wildman–Crippen MR) is 164 cm³/mol. The van der Waals surface area contributed by atoms with Crippen LogP contribution >= 0.6 is 0 Å². The Balaban J connectivity index is 0.00000717. The van der Waals surface area contributed by atoms with Gasteiger partial charge in [0.1, 0.15) is 79.3 Å². The van der Waals surface area contributed by atoms with Crippen molar-refractivity contribution in [1.29, 1.82) is 0 Å². The topological polar surface area (TPSA) is 376 Å². The largest absolute Gasteiger partial charge is 1.00 e. The summed E-state index contributed by atoms with van der Waals surface area (Å²) in [6.45, 7) is 7.51. The van der Waals surface area contributed by atoms with E-state index in [1.54, 1.807) is 0 Å². The molecule has 308 valence electrons. The molecule has 3 aliphatic heterocycles. The molecule has 2 amide bonds. The van der Waals surface area contributed by atoms with Crippen LogP contribution in [0, 0.1) is 0 Å². The monoisotopic (exact) mass is 820 g/mol. The van der Waals surface area contributed by atoms with Gasteiger partial charge in [0.05, 0.1) is 36.8 Å². The first kappa shape index (κ1) is 54.3. The van der Waals surface area contributed by atoms with E-state index in [0.29, 0.717) is 0 Å². The van der Waals surface area contributed by atoms with Gasteiger partial charge < -0.3 is 105 Å². The summed E-state index contributed by atoms with van der Waals surface area (Å²) < 4.78 is 32.8. The predicted octanol–water partition coefficient (Wildman–Crippen LogP) is -15.2. The molecule has 25 heteroatoms. The molecular weight excluding hydrogens is 770 g/mol. The number of aliphatic hydroxyl groups is 9. The van der Waals surface area contributed by atoms with Crippen LogP contribution in [0.25, 0.3) is 0 Å². The summed E-state index contributed by atoms with van der Waals surface area (Å²) in [6.07, 6.45) is -34.0. The van der Waals surface area contributed by atoms with Crippen molar-refractivity contribution < 1.29 is 163 Å². The Morgan fingerprint density at radius 2 is 1.22 bits per heavy atom. The van der Waals surface area contributed by atoms with E-state index in [2.05, 4.69) is 10.6 Å². The third-order valence-corrected chi connectivity index (χ3v) is 8.45. The summed E-state index contributed by atoms with van der Waals surface area (Å²) in [4.78, 5) is 47.7. The van der Waals surface area contributed by atoms with Crippen molar-refractivity contribution in [3.05, 3.63) is 0 Å². The van der Waals surface area contributed by atoms with E-state index in [1.165, 1.54) is 6.92 Å². The van der Waals surface area contributed by atoms with Crippen molar-refractivity contribution in [2.45, 2.75) is 158 Å². The van der Waals surface area contributed by atoms with E-state index >= 15 is 0 Å². The minimum Gasteiger partial charge on any atom is -0.547 e. The normalized spacial score (nSPS) is 38.2. The van der Waals surface area contributed by atoms with Crippen molar-refractivity contribution in [2.75, 3.05) is 6.61 Å². The number of carbonyl (C=O) groups excluding carboxylic acids is 4. The molecule has 0 saturated carbocycles. The molecule has 0 aromatic rings. The van der Waals surface area contributed by atoms with Crippen LogP contribution in [0.3, 0.4) is 0 Å². The third kappa shape index (κ3) is 13.7. The molecule has 0 bridgehead atoms. The number of aliphatic carboxylic acids is 2. The van der Waals surface area contributed by atoms with Gasteiger partial charge >= 0.3 is 59.1 Å². The molecule has 11 N–H and O–H groups in total. The van der Waals surface area contributed by atoms with Crippen molar-refractivity contribution in [1.82, 2.24) is 10.6 Å². The number of rotatable bonds is 14. The van der Waals surface area contributed by atoms with Gasteiger partial charge in [0, 0.05) is 13.8 Å². The molecule has 3 fully saturated rings.